The molecule has 1 aliphatic heterocycles. The minimum atomic E-state index is -0.657. The number of rotatable bonds is 5. The van der Waals surface area contributed by atoms with Crippen LogP contribution in [0.4, 0.5) is 0 Å². The van der Waals surface area contributed by atoms with Crippen molar-refractivity contribution in [1.82, 2.24) is 14.7 Å². The average Bonchev–Trinajstić information content (AvgIpc) is 3.18. The molecule has 2 heterocycles. The topological polar surface area (TPSA) is 58.4 Å². The number of carboxylic acids is 1. The summed E-state index contributed by atoms with van der Waals surface area (Å²) < 4.78 is 2.12. The molecule has 128 valence electrons. The number of hydrogen-bond acceptors (Lipinski definition) is 3. The third-order valence-electron chi connectivity index (χ3n) is 5.42. The molecule has 1 aromatic heterocycles. The summed E-state index contributed by atoms with van der Waals surface area (Å²) in [5.41, 5.74) is 1.36. The van der Waals surface area contributed by atoms with Gasteiger partial charge in [-0.05, 0) is 42.6 Å². The number of carboxylic acid groups (broad SMARTS) is 1. The van der Waals surface area contributed by atoms with Gasteiger partial charge in [0.05, 0.1) is 11.6 Å². The third-order valence-corrected chi connectivity index (χ3v) is 5.42. The predicted molar refractivity (Wildman–Crippen MR) is 88.9 cm³/mol. The average molecular weight is 319 g/mol. The lowest BCUT2D eigenvalue weighted by Crippen LogP contribution is -2.46. The van der Waals surface area contributed by atoms with Crippen molar-refractivity contribution in [3.8, 4) is 0 Å². The summed E-state index contributed by atoms with van der Waals surface area (Å²) in [7, 11) is 0. The van der Waals surface area contributed by atoms with Gasteiger partial charge in [0.2, 0.25) is 0 Å². The van der Waals surface area contributed by atoms with Crippen LogP contribution < -0.4 is 0 Å². The number of aliphatic carboxylic acids is 1. The van der Waals surface area contributed by atoms with E-state index < -0.39 is 5.97 Å². The summed E-state index contributed by atoms with van der Waals surface area (Å²) in [5, 5.41) is 14.0. The van der Waals surface area contributed by atoms with Crippen LogP contribution in [0.2, 0.25) is 0 Å². The van der Waals surface area contributed by atoms with Crippen molar-refractivity contribution in [2.75, 3.05) is 13.1 Å². The Hall–Kier alpha value is -1.36. The van der Waals surface area contributed by atoms with Crippen molar-refractivity contribution in [1.29, 1.82) is 0 Å². The summed E-state index contributed by atoms with van der Waals surface area (Å²) in [6.07, 6.45) is 5.29. The normalized spacial score (nSPS) is 26.4. The second kappa shape index (κ2) is 6.27. The molecule has 1 aliphatic carbocycles. The smallest absolute Gasteiger partial charge is 0.307 e. The molecule has 1 aromatic rings. The fourth-order valence-electron chi connectivity index (χ4n) is 3.56. The Kier molecular flexibility index (Phi) is 4.50. The molecule has 2 aliphatic rings. The van der Waals surface area contributed by atoms with Crippen LogP contribution in [0.5, 0.6) is 0 Å². The minimum absolute atomic E-state index is 0.140. The van der Waals surface area contributed by atoms with Gasteiger partial charge < -0.3 is 5.11 Å². The summed E-state index contributed by atoms with van der Waals surface area (Å²) >= 11 is 0. The van der Waals surface area contributed by atoms with Gasteiger partial charge in [0.25, 0.3) is 0 Å². The van der Waals surface area contributed by atoms with E-state index >= 15 is 0 Å². The molecule has 0 unspecified atom stereocenters. The predicted octanol–water partition coefficient (Wildman–Crippen LogP) is 2.86. The SMILES string of the molecule is CC(C)(C)[C@@H]1C[C@H](C(=O)O)CN(Cc2ccnn2CC2CC2)C1. The van der Waals surface area contributed by atoms with E-state index in [1.165, 1.54) is 18.5 Å². The highest BCUT2D eigenvalue weighted by atomic mass is 16.4. The Morgan fingerprint density at radius 2 is 2.09 bits per heavy atom. The third kappa shape index (κ3) is 4.14. The van der Waals surface area contributed by atoms with E-state index in [0.717, 1.165) is 32.0 Å². The highest BCUT2D eigenvalue weighted by molar-refractivity contribution is 5.70. The molecule has 2 fully saturated rings. The van der Waals surface area contributed by atoms with Crippen molar-refractivity contribution in [2.24, 2.45) is 23.2 Å². The van der Waals surface area contributed by atoms with Gasteiger partial charge in [-0.3, -0.25) is 14.4 Å². The standard InChI is InChI=1S/C18H29N3O2/c1-18(2,3)15-8-14(17(22)23)10-20(11-15)12-16-6-7-19-21(16)9-13-4-5-13/h6-7,13-15H,4-5,8-12H2,1-3H3,(H,22,23)/t14-,15+/m0/s1. The highest BCUT2D eigenvalue weighted by Gasteiger charge is 2.37. The highest BCUT2D eigenvalue weighted by Crippen LogP contribution is 2.36. The monoisotopic (exact) mass is 319 g/mol. The summed E-state index contributed by atoms with van der Waals surface area (Å²) in [4.78, 5) is 13.9. The first-order valence-electron chi connectivity index (χ1n) is 8.79. The second-order valence-electron chi connectivity index (χ2n) is 8.48. The molecule has 1 N–H and O–H groups in total. The van der Waals surface area contributed by atoms with Crippen LogP contribution >= 0.6 is 0 Å². The first-order chi connectivity index (χ1) is 10.8. The lowest BCUT2D eigenvalue weighted by molar-refractivity contribution is -0.145. The van der Waals surface area contributed by atoms with E-state index in [4.69, 9.17) is 0 Å². The quantitative estimate of drug-likeness (QED) is 0.906. The molecule has 1 saturated carbocycles. The molecular weight excluding hydrogens is 290 g/mol. The molecular formula is C18H29N3O2. The molecule has 3 rings (SSSR count). The van der Waals surface area contributed by atoms with Crippen LogP contribution in [0.1, 0.15) is 45.7 Å². The van der Waals surface area contributed by atoms with Crippen molar-refractivity contribution in [3.63, 3.8) is 0 Å². The summed E-state index contributed by atoms with van der Waals surface area (Å²) in [5.74, 6) is 0.296. The Morgan fingerprint density at radius 3 is 2.70 bits per heavy atom. The van der Waals surface area contributed by atoms with Crippen molar-refractivity contribution in [2.45, 2.75) is 53.1 Å². The molecule has 2 atom stereocenters. The number of hydrogen-bond donors (Lipinski definition) is 1. The van der Waals surface area contributed by atoms with Crippen LogP contribution in [0.25, 0.3) is 0 Å². The summed E-state index contributed by atoms with van der Waals surface area (Å²) in [6.45, 7) is 10.1. The van der Waals surface area contributed by atoms with Gasteiger partial charge in [-0.25, -0.2) is 0 Å². The Bertz CT molecular complexity index is 557. The van der Waals surface area contributed by atoms with E-state index in [2.05, 4.69) is 41.5 Å². The first kappa shape index (κ1) is 16.5. The van der Waals surface area contributed by atoms with Gasteiger partial charge in [0.15, 0.2) is 0 Å². The van der Waals surface area contributed by atoms with Crippen LogP contribution in [0, 0.1) is 23.2 Å². The molecule has 5 nitrogen and oxygen atoms in total. The number of likely N-dealkylation sites (tertiary alicyclic amines) is 1. The molecule has 0 bridgehead atoms. The van der Waals surface area contributed by atoms with E-state index in [1.54, 1.807) is 0 Å². The number of piperidine rings is 1. The van der Waals surface area contributed by atoms with E-state index in [1.807, 2.05) is 6.20 Å². The maximum atomic E-state index is 11.6. The van der Waals surface area contributed by atoms with E-state index in [9.17, 15) is 9.90 Å². The zero-order valence-corrected chi connectivity index (χ0v) is 14.5. The molecule has 0 radical (unpaired) electrons. The number of carbonyl (C=O) groups is 1. The molecule has 5 heteroatoms. The minimum Gasteiger partial charge on any atom is -0.481 e. The fourth-order valence-corrected chi connectivity index (χ4v) is 3.56. The number of nitrogens with zero attached hydrogens (tertiary/aromatic N) is 3. The van der Waals surface area contributed by atoms with Gasteiger partial charge in [0, 0.05) is 32.4 Å². The molecule has 23 heavy (non-hydrogen) atoms. The maximum Gasteiger partial charge on any atom is 0.307 e. The van der Waals surface area contributed by atoms with Gasteiger partial charge in [0.1, 0.15) is 0 Å². The summed E-state index contributed by atoms with van der Waals surface area (Å²) in [6, 6.07) is 2.08. The zero-order valence-electron chi connectivity index (χ0n) is 14.5. The molecule has 0 amide bonds. The first-order valence-corrected chi connectivity index (χ1v) is 8.79. The van der Waals surface area contributed by atoms with Gasteiger partial charge >= 0.3 is 5.97 Å². The van der Waals surface area contributed by atoms with Gasteiger partial charge in [-0.1, -0.05) is 20.8 Å². The lowest BCUT2D eigenvalue weighted by Gasteiger charge is -2.42. The van der Waals surface area contributed by atoms with E-state index in [0.29, 0.717) is 12.5 Å². The van der Waals surface area contributed by atoms with Crippen molar-refractivity contribution < 1.29 is 9.90 Å². The lowest BCUT2D eigenvalue weighted by atomic mass is 9.73. The van der Waals surface area contributed by atoms with Crippen LogP contribution in [0.15, 0.2) is 12.3 Å². The van der Waals surface area contributed by atoms with Crippen molar-refractivity contribution >= 4 is 5.97 Å². The molecule has 0 spiro atoms. The van der Waals surface area contributed by atoms with E-state index in [-0.39, 0.29) is 11.3 Å². The second-order valence-corrected chi connectivity index (χ2v) is 8.48. The van der Waals surface area contributed by atoms with Crippen LogP contribution in [-0.2, 0) is 17.9 Å². The maximum absolute atomic E-state index is 11.6. The number of aromatic nitrogens is 2. The Balaban J connectivity index is 1.70. The zero-order chi connectivity index (χ0) is 16.6. The molecule has 0 aromatic carbocycles. The van der Waals surface area contributed by atoms with Crippen molar-refractivity contribution in [3.05, 3.63) is 18.0 Å². The molecule has 1 saturated heterocycles. The fraction of sp³-hybridized carbons (Fsp3) is 0.778. The Morgan fingerprint density at radius 1 is 1.35 bits per heavy atom. The van der Waals surface area contributed by atoms with Crippen LogP contribution in [-0.4, -0.2) is 38.8 Å². The van der Waals surface area contributed by atoms with Gasteiger partial charge in [-0.2, -0.15) is 5.10 Å². The Labute approximate surface area is 138 Å². The largest absolute Gasteiger partial charge is 0.481 e. The van der Waals surface area contributed by atoms with Gasteiger partial charge in [-0.15, -0.1) is 0 Å². The van der Waals surface area contributed by atoms with Crippen LogP contribution in [0.3, 0.4) is 0 Å².